The molecule has 1 aliphatic heterocycles. The van der Waals surface area contributed by atoms with Crippen molar-refractivity contribution in [3.63, 3.8) is 0 Å². The van der Waals surface area contributed by atoms with E-state index in [-0.39, 0.29) is 12.0 Å². The summed E-state index contributed by atoms with van der Waals surface area (Å²) in [5.74, 6) is 0.792. The van der Waals surface area contributed by atoms with E-state index >= 15 is 0 Å². The molecule has 0 spiro atoms. The summed E-state index contributed by atoms with van der Waals surface area (Å²) < 4.78 is 16.9. The van der Waals surface area contributed by atoms with Gasteiger partial charge in [-0.2, -0.15) is 0 Å². The highest BCUT2D eigenvalue weighted by Crippen LogP contribution is 2.37. The van der Waals surface area contributed by atoms with Crippen LogP contribution < -0.4 is 9.47 Å². The second-order valence-electron chi connectivity index (χ2n) is 6.50. The third-order valence-electron chi connectivity index (χ3n) is 4.52. The van der Waals surface area contributed by atoms with E-state index in [4.69, 9.17) is 37.4 Å². The molecule has 2 aromatic rings. The molecule has 1 aliphatic rings. The Kier molecular flexibility index (Phi) is 7.05. The lowest BCUT2D eigenvalue weighted by Crippen LogP contribution is -2.42. The first-order valence-corrected chi connectivity index (χ1v) is 9.95. The summed E-state index contributed by atoms with van der Waals surface area (Å²) in [7, 11) is 1.53. The van der Waals surface area contributed by atoms with E-state index < -0.39 is 0 Å². The molecule has 0 aliphatic carbocycles. The van der Waals surface area contributed by atoms with Crippen LogP contribution in [0.3, 0.4) is 0 Å². The van der Waals surface area contributed by atoms with E-state index in [0.717, 1.165) is 12.0 Å². The summed E-state index contributed by atoms with van der Waals surface area (Å²) in [6.45, 7) is 3.95. The van der Waals surface area contributed by atoms with Gasteiger partial charge in [-0.15, -0.1) is 0 Å². The predicted molar refractivity (Wildman–Crippen MR) is 110 cm³/mol. The predicted octanol–water partition coefficient (Wildman–Crippen LogP) is 5.00. The Morgan fingerprint density at radius 2 is 2.00 bits per heavy atom. The van der Waals surface area contributed by atoms with Gasteiger partial charge in [0.25, 0.3) is 5.91 Å². The molecule has 2 aromatic carbocycles. The number of halogens is 2. The Bertz CT molecular complexity index is 826. The van der Waals surface area contributed by atoms with Crippen molar-refractivity contribution in [1.29, 1.82) is 0 Å². The third kappa shape index (κ3) is 4.72. The number of rotatable bonds is 6. The van der Waals surface area contributed by atoms with Crippen molar-refractivity contribution >= 4 is 29.1 Å². The van der Waals surface area contributed by atoms with Crippen molar-refractivity contribution in [2.75, 3.05) is 33.4 Å². The van der Waals surface area contributed by atoms with Crippen molar-refractivity contribution in [3.05, 3.63) is 57.6 Å². The van der Waals surface area contributed by atoms with Gasteiger partial charge in [-0.1, -0.05) is 42.3 Å². The van der Waals surface area contributed by atoms with Crippen molar-refractivity contribution in [2.24, 2.45) is 0 Å². The largest absolute Gasteiger partial charge is 0.493 e. The number of morpholine rings is 1. The lowest BCUT2D eigenvalue weighted by Gasteiger charge is -2.33. The fourth-order valence-electron chi connectivity index (χ4n) is 3.08. The minimum atomic E-state index is -0.195. The summed E-state index contributed by atoms with van der Waals surface area (Å²) >= 11 is 12.3. The molecule has 1 saturated heterocycles. The Balaban J connectivity index is 1.79. The molecule has 28 heavy (non-hydrogen) atoms. The molecule has 0 bridgehead atoms. The Labute approximate surface area is 175 Å². The number of carbonyl (C=O) groups is 1. The number of nitrogens with zero attached hydrogens (tertiary/aromatic N) is 1. The van der Waals surface area contributed by atoms with Gasteiger partial charge in [0.2, 0.25) is 0 Å². The molecule has 1 heterocycles. The van der Waals surface area contributed by atoms with Gasteiger partial charge in [0, 0.05) is 17.1 Å². The molecular formula is C21H23Cl2NO4. The van der Waals surface area contributed by atoms with Crippen molar-refractivity contribution in [2.45, 2.75) is 19.4 Å². The summed E-state index contributed by atoms with van der Waals surface area (Å²) in [5.41, 5.74) is 1.45. The minimum Gasteiger partial charge on any atom is -0.493 e. The van der Waals surface area contributed by atoms with Gasteiger partial charge < -0.3 is 19.1 Å². The first-order chi connectivity index (χ1) is 13.5. The Morgan fingerprint density at radius 1 is 1.25 bits per heavy atom. The molecule has 1 unspecified atom stereocenters. The summed E-state index contributed by atoms with van der Waals surface area (Å²) in [5, 5.41) is 1.03. The molecule has 0 aromatic heterocycles. The second kappa shape index (κ2) is 9.50. The number of hydrogen-bond acceptors (Lipinski definition) is 4. The zero-order valence-corrected chi connectivity index (χ0v) is 17.4. The van der Waals surface area contributed by atoms with Crippen LogP contribution in [0, 0.1) is 0 Å². The maximum Gasteiger partial charge on any atom is 0.254 e. The van der Waals surface area contributed by atoms with Gasteiger partial charge >= 0.3 is 0 Å². The van der Waals surface area contributed by atoms with E-state index in [9.17, 15) is 4.79 Å². The SMILES string of the molecule is CCCOc1c(Cl)cc(C(=O)N2CCOC(c3ccc(Cl)cc3)C2)cc1OC. The number of carbonyl (C=O) groups excluding carboxylic acids is 1. The van der Waals surface area contributed by atoms with Gasteiger partial charge in [0.1, 0.15) is 6.10 Å². The molecule has 1 amide bonds. The molecule has 3 rings (SSSR count). The summed E-state index contributed by atoms with van der Waals surface area (Å²) in [6.07, 6.45) is 0.652. The Morgan fingerprint density at radius 3 is 2.68 bits per heavy atom. The van der Waals surface area contributed by atoms with Crippen molar-refractivity contribution in [3.8, 4) is 11.5 Å². The van der Waals surface area contributed by atoms with Gasteiger partial charge in [0.05, 0.1) is 31.9 Å². The van der Waals surface area contributed by atoms with Gasteiger partial charge in [-0.3, -0.25) is 4.79 Å². The van der Waals surface area contributed by atoms with Gasteiger partial charge in [-0.25, -0.2) is 0 Å². The fraction of sp³-hybridized carbons (Fsp3) is 0.381. The van der Waals surface area contributed by atoms with Crippen LogP contribution in [0.5, 0.6) is 11.5 Å². The van der Waals surface area contributed by atoms with Gasteiger partial charge in [-0.05, 0) is 36.2 Å². The zero-order valence-electron chi connectivity index (χ0n) is 15.9. The van der Waals surface area contributed by atoms with E-state index in [2.05, 4.69) is 0 Å². The summed E-state index contributed by atoms with van der Waals surface area (Å²) in [6, 6.07) is 10.8. The molecular weight excluding hydrogens is 401 g/mol. The molecule has 0 radical (unpaired) electrons. The van der Waals surface area contributed by atoms with Crippen LogP contribution in [0.25, 0.3) is 0 Å². The highest BCUT2D eigenvalue weighted by molar-refractivity contribution is 6.32. The number of methoxy groups -OCH3 is 1. The first kappa shape index (κ1) is 20.8. The van der Waals surface area contributed by atoms with Crippen LogP contribution in [-0.4, -0.2) is 44.2 Å². The lowest BCUT2D eigenvalue weighted by molar-refractivity contribution is -0.0228. The quantitative estimate of drug-likeness (QED) is 0.655. The van der Waals surface area contributed by atoms with E-state index in [1.54, 1.807) is 17.0 Å². The third-order valence-corrected chi connectivity index (χ3v) is 5.06. The maximum atomic E-state index is 13.1. The number of benzene rings is 2. The molecule has 7 heteroatoms. The standard InChI is InChI=1S/C21H23Cl2NO4/c1-3-9-28-20-17(23)11-15(12-18(20)26-2)21(25)24-8-10-27-19(13-24)14-4-6-16(22)7-5-14/h4-7,11-12,19H,3,8-10,13H2,1-2H3. The van der Waals surface area contributed by atoms with Crippen LogP contribution in [-0.2, 0) is 4.74 Å². The molecule has 150 valence electrons. The minimum absolute atomic E-state index is 0.121. The first-order valence-electron chi connectivity index (χ1n) is 9.20. The molecule has 5 nitrogen and oxygen atoms in total. The monoisotopic (exact) mass is 423 g/mol. The number of ether oxygens (including phenoxy) is 3. The van der Waals surface area contributed by atoms with Crippen LogP contribution in [0.1, 0.15) is 35.4 Å². The highest BCUT2D eigenvalue weighted by atomic mass is 35.5. The molecule has 0 saturated carbocycles. The normalized spacial score (nSPS) is 16.7. The van der Waals surface area contributed by atoms with Crippen LogP contribution in [0.2, 0.25) is 10.0 Å². The number of hydrogen-bond donors (Lipinski definition) is 0. The lowest BCUT2D eigenvalue weighted by atomic mass is 10.1. The van der Waals surface area contributed by atoms with Gasteiger partial charge in [0.15, 0.2) is 11.5 Å². The molecule has 1 fully saturated rings. The average molecular weight is 424 g/mol. The van der Waals surface area contributed by atoms with Crippen LogP contribution in [0.15, 0.2) is 36.4 Å². The summed E-state index contributed by atoms with van der Waals surface area (Å²) in [4.78, 5) is 14.8. The van der Waals surface area contributed by atoms with E-state index in [0.29, 0.717) is 53.4 Å². The van der Waals surface area contributed by atoms with Crippen LogP contribution >= 0.6 is 23.2 Å². The number of amides is 1. The van der Waals surface area contributed by atoms with Crippen molar-refractivity contribution < 1.29 is 19.0 Å². The van der Waals surface area contributed by atoms with E-state index in [1.807, 2.05) is 31.2 Å². The van der Waals surface area contributed by atoms with Crippen molar-refractivity contribution in [1.82, 2.24) is 4.90 Å². The maximum absolute atomic E-state index is 13.1. The topological polar surface area (TPSA) is 48.0 Å². The Hall–Kier alpha value is -1.95. The van der Waals surface area contributed by atoms with Crippen LogP contribution in [0.4, 0.5) is 0 Å². The molecule has 0 N–H and O–H groups in total. The smallest absolute Gasteiger partial charge is 0.254 e. The second-order valence-corrected chi connectivity index (χ2v) is 7.34. The zero-order chi connectivity index (χ0) is 20.1. The fourth-order valence-corrected chi connectivity index (χ4v) is 3.47. The highest BCUT2D eigenvalue weighted by Gasteiger charge is 2.27. The average Bonchev–Trinajstić information content (AvgIpc) is 2.72. The van der Waals surface area contributed by atoms with E-state index in [1.165, 1.54) is 7.11 Å². The molecule has 1 atom stereocenters.